The number of hydrogen-bond acceptors (Lipinski definition) is 4. The normalized spacial score (nSPS) is 10.0. The molecule has 0 radical (unpaired) electrons. The van der Waals surface area contributed by atoms with Crippen molar-refractivity contribution in [2.45, 2.75) is 6.92 Å². The van der Waals surface area contributed by atoms with Crippen LogP contribution in [-0.2, 0) is 0 Å². The molecule has 0 spiro atoms. The molecule has 0 N–H and O–H groups in total. The quantitative estimate of drug-likeness (QED) is 0.757. The van der Waals surface area contributed by atoms with Gasteiger partial charge in [-0.1, -0.05) is 18.2 Å². The monoisotopic (exact) mass is 228 g/mol. The Morgan fingerprint density at radius 3 is 2.59 bits per heavy atom. The van der Waals surface area contributed by atoms with Crippen LogP contribution >= 0.6 is 0 Å². The lowest BCUT2D eigenvalue weighted by atomic mass is 10.1. The lowest BCUT2D eigenvalue weighted by molar-refractivity contribution is 0.101. The van der Waals surface area contributed by atoms with Crippen molar-refractivity contribution in [2.24, 2.45) is 0 Å². The Bertz CT molecular complexity index is 535. The summed E-state index contributed by atoms with van der Waals surface area (Å²) in [4.78, 5) is 11.3. The van der Waals surface area contributed by atoms with E-state index in [-0.39, 0.29) is 5.78 Å². The molecule has 0 unspecified atom stereocenters. The number of aromatic nitrogens is 2. The highest BCUT2D eigenvalue weighted by atomic mass is 16.5. The molecule has 0 saturated heterocycles. The Balaban J connectivity index is 2.38. The summed E-state index contributed by atoms with van der Waals surface area (Å²) < 4.78 is 4.94. The van der Waals surface area contributed by atoms with E-state index in [0.717, 1.165) is 5.56 Å². The van der Waals surface area contributed by atoms with Crippen LogP contribution in [0.5, 0.6) is 5.88 Å². The van der Waals surface area contributed by atoms with Gasteiger partial charge >= 0.3 is 0 Å². The number of ketones is 1. The van der Waals surface area contributed by atoms with Gasteiger partial charge in [0.05, 0.1) is 12.8 Å². The third-order valence-corrected chi connectivity index (χ3v) is 2.41. The molecule has 0 fully saturated rings. The van der Waals surface area contributed by atoms with Crippen LogP contribution < -0.4 is 4.74 Å². The van der Waals surface area contributed by atoms with Crippen molar-refractivity contribution in [3.8, 4) is 17.1 Å². The molecular formula is C13H12N2O2. The zero-order valence-electron chi connectivity index (χ0n) is 9.68. The molecule has 0 aliphatic carbocycles. The summed E-state index contributed by atoms with van der Waals surface area (Å²) in [6.45, 7) is 1.54. The number of methoxy groups -OCH3 is 1. The lowest BCUT2D eigenvalue weighted by Crippen LogP contribution is -1.94. The van der Waals surface area contributed by atoms with Gasteiger partial charge in [-0.2, -0.15) is 0 Å². The minimum atomic E-state index is 0.0355. The van der Waals surface area contributed by atoms with Crippen molar-refractivity contribution in [3.63, 3.8) is 0 Å². The van der Waals surface area contributed by atoms with Gasteiger partial charge in [0.1, 0.15) is 0 Å². The Labute approximate surface area is 99.3 Å². The smallest absolute Gasteiger partial charge is 0.233 e. The van der Waals surface area contributed by atoms with Crippen LogP contribution in [0.3, 0.4) is 0 Å². The molecule has 2 aromatic rings. The van der Waals surface area contributed by atoms with E-state index in [2.05, 4.69) is 10.2 Å². The van der Waals surface area contributed by atoms with Crippen molar-refractivity contribution in [3.05, 3.63) is 42.0 Å². The average molecular weight is 228 g/mol. The van der Waals surface area contributed by atoms with E-state index in [1.165, 1.54) is 0 Å². The molecule has 1 heterocycles. The number of benzene rings is 1. The van der Waals surface area contributed by atoms with E-state index in [4.69, 9.17) is 4.74 Å². The van der Waals surface area contributed by atoms with Gasteiger partial charge in [-0.15, -0.1) is 10.2 Å². The number of carbonyl (C=O) groups is 1. The number of carbonyl (C=O) groups excluding carboxylic acids is 1. The van der Waals surface area contributed by atoms with Crippen molar-refractivity contribution >= 4 is 5.78 Å². The SMILES string of the molecule is COc1ccc(-c2cccc(C(C)=O)c2)nn1. The second-order valence-corrected chi connectivity index (χ2v) is 3.60. The molecule has 1 aromatic carbocycles. The van der Waals surface area contributed by atoms with Crippen LogP contribution in [0.2, 0.25) is 0 Å². The Hall–Kier alpha value is -2.23. The zero-order chi connectivity index (χ0) is 12.3. The van der Waals surface area contributed by atoms with Crippen LogP contribution in [0.1, 0.15) is 17.3 Å². The molecule has 4 heteroatoms. The lowest BCUT2D eigenvalue weighted by Gasteiger charge is -2.03. The highest BCUT2D eigenvalue weighted by Crippen LogP contribution is 2.19. The number of ether oxygens (including phenoxy) is 1. The van der Waals surface area contributed by atoms with Gasteiger partial charge in [0, 0.05) is 17.2 Å². The van der Waals surface area contributed by atoms with Gasteiger partial charge < -0.3 is 4.74 Å². The summed E-state index contributed by atoms with van der Waals surface area (Å²) >= 11 is 0. The predicted molar refractivity (Wildman–Crippen MR) is 64.0 cm³/mol. The van der Waals surface area contributed by atoms with E-state index in [1.54, 1.807) is 32.2 Å². The van der Waals surface area contributed by atoms with Crippen molar-refractivity contribution in [1.29, 1.82) is 0 Å². The molecule has 4 nitrogen and oxygen atoms in total. The first-order valence-electron chi connectivity index (χ1n) is 5.20. The Morgan fingerprint density at radius 1 is 1.18 bits per heavy atom. The predicted octanol–water partition coefficient (Wildman–Crippen LogP) is 2.35. The molecular weight excluding hydrogens is 216 g/mol. The third kappa shape index (κ3) is 2.47. The van der Waals surface area contributed by atoms with Crippen LogP contribution in [-0.4, -0.2) is 23.1 Å². The van der Waals surface area contributed by atoms with Crippen LogP contribution in [0.25, 0.3) is 11.3 Å². The average Bonchev–Trinajstić information content (AvgIpc) is 2.39. The maximum absolute atomic E-state index is 11.3. The molecule has 1 aromatic heterocycles. The van der Waals surface area contributed by atoms with Crippen LogP contribution in [0, 0.1) is 0 Å². The van der Waals surface area contributed by atoms with Gasteiger partial charge in [-0.05, 0) is 19.1 Å². The van der Waals surface area contributed by atoms with Crippen LogP contribution in [0.4, 0.5) is 0 Å². The van der Waals surface area contributed by atoms with Crippen LogP contribution in [0.15, 0.2) is 36.4 Å². The molecule has 0 aliphatic heterocycles. The highest BCUT2D eigenvalue weighted by Gasteiger charge is 2.04. The van der Waals surface area contributed by atoms with E-state index < -0.39 is 0 Å². The first-order valence-corrected chi connectivity index (χ1v) is 5.20. The molecule has 0 bridgehead atoms. The molecule has 0 atom stereocenters. The largest absolute Gasteiger partial charge is 0.480 e. The molecule has 0 amide bonds. The van der Waals surface area contributed by atoms with Gasteiger partial charge in [-0.3, -0.25) is 4.79 Å². The van der Waals surface area contributed by atoms with Gasteiger partial charge in [0.2, 0.25) is 5.88 Å². The summed E-state index contributed by atoms with van der Waals surface area (Å²) in [6, 6.07) is 10.9. The number of rotatable bonds is 3. The fourth-order valence-corrected chi connectivity index (χ4v) is 1.48. The van der Waals surface area contributed by atoms with Gasteiger partial charge in [0.25, 0.3) is 0 Å². The number of Topliss-reactive ketones (excluding diaryl/α,β-unsaturated/α-hetero) is 1. The first-order chi connectivity index (χ1) is 8.20. The minimum absolute atomic E-state index is 0.0355. The zero-order valence-corrected chi connectivity index (χ0v) is 9.68. The fraction of sp³-hybridized carbons (Fsp3) is 0.154. The fourth-order valence-electron chi connectivity index (χ4n) is 1.48. The second-order valence-electron chi connectivity index (χ2n) is 3.60. The van der Waals surface area contributed by atoms with Crippen molar-refractivity contribution in [2.75, 3.05) is 7.11 Å². The summed E-state index contributed by atoms with van der Waals surface area (Å²) in [7, 11) is 1.54. The topological polar surface area (TPSA) is 52.1 Å². The third-order valence-electron chi connectivity index (χ3n) is 2.41. The van der Waals surface area contributed by atoms with E-state index >= 15 is 0 Å². The molecule has 0 saturated carbocycles. The molecule has 0 aliphatic rings. The molecule has 2 rings (SSSR count). The molecule has 86 valence electrons. The maximum Gasteiger partial charge on any atom is 0.233 e. The first kappa shape index (κ1) is 11.3. The van der Waals surface area contributed by atoms with Crippen molar-refractivity contribution < 1.29 is 9.53 Å². The number of hydrogen-bond donors (Lipinski definition) is 0. The van der Waals surface area contributed by atoms with Crippen molar-refractivity contribution in [1.82, 2.24) is 10.2 Å². The van der Waals surface area contributed by atoms with E-state index in [1.807, 2.05) is 18.2 Å². The van der Waals surface area contributed by atoms with E-state index in [0.29, 0.717) is 17.1 Å². The minimum Gasteiger partial charge on any atom is -0.480 e. The Morgan fingerprint density at radius 2 is 2.00 bits per heavy atom. The Kier molecular flexibility index (Phi) is 3.14. The summed E-state index contributed by atoms with van der Waals surface area (Å²) in [5, 5.41) is 7.92. The van der Waals surface area contributed by atoms with E-state index in [9.17, 15) is 4.79 Å². The van der Waals surface area contributed by atoms with Gasteiger partial charge in [0.15, 0.2) is 5.78 Å². The highest BCUT2D eigenvalue weighted by molar-refractivity contribution is 5.95. The standard InChI is InChI=1S/C13H12N2O2/c1-9(16)10-4-3-5-11(8-10)12-6-7-13(17-2)15-14-12/h3-8H,1-2H3. The molecule has 17 heavy (non-hydrogen) atoms. The summed E-state index contributed by atoms with van der Waals surface area (Å²) in [5.41, 5.74) is 2.25. The van der Waals surface area contributed by atoms with Gasteiger partial charge in [-0.25, -0.2) is 0 Å². The summed E-state index contributed by atoms with van der Waals surface area (Å²) in [6.07, 6.45) is 0. The summed E-state index contributed by atoms with van der Waals surface area (Å²) in [5.74, 6) is 0.504. The second kappa shape index (κ2) is 4.74. The maximum atomic E-state index is 11.3. The number of nitrogens with zero attached hydrogens (tertiary/aromatic N) is 2.